The molecule has 0 N–H and O–H groups in total. The van der Waals surface area contributed by atoms with Gasteiger partial charge in [0.05, 0.1) is 10.2 Å². The van der Waals surface area contributed by atoms with Crippen molar-refractivity contribution in [1.82, 2.24) is 4.98 Å². The Morgan fingerprint density at radius 2 is 2.06 bits per heavy atom. The Hall–Kier alpha value is -1.07. The number of thioether (sulfide) groups is 1. The van der Waals surface area contributed by atoms with Gasteiger partial charge in [0.15, 0.2) is 4.34 Å². The highest BCUT2D eigenvalue weighted by atomic mass is 32.2. The van der Waals surface area contributed by atoms with Gasteiger partial charge in [-0.25, -0.2) is 9.78 Å². The van der Waals surface area contributed by atoms with Crippen molar-refractivity contribution >= 4 is 38.6 Å². The number of carbonyl (C=O) groups is 1. The Labute approximate surface area is 108 Å². The SMILES string of the molecule is CC(C)(C)OC(=O)Sc1nc2ccccc2s1. The van der Waals surface area contributed by atoms with E-state index in [1.54, 1.807) is 0 Å². The third kappa shape index (κ3) is 3.44. The predicted molar refractivity (Wildman–Crippen MR) is 71.7 cm³/mol. The van der Waals surface area contributed by atoms with E-state index in [9.17, 15) is 4.79 Å². The fraction of sp³-hybridized carbons (Fsp3) is 0.333. The summed E-state index contributed by atoms with van der Waals surface area (Å²) in [5.41, 5.74) is 0.462. The molecule has 0 saturated carbocycles. The number of benzene rings is 1. The first kappa shape index (κ1) is 12.4. The average molecular weight is 267 g/mol. The van der Waals surface area contributed by atoms with Gasteiger partial charge in [0.1, 0.15) is 5.60 Å². The molecule has 0 aliphatic rings. The average Bonchev–Trinajstić information content (AvgIpc) is 2.55. The van der Waals surface area contributed by atoms with Crippen LogP contribution in [0.3, 0.4) is 0 Å². The fourth-order valence-electron chi connectivity index (χ4n) is 1.24. The molecule has 2 rings (SSSR count). The van der Waals surface area contributed by atoms with Crippen LogP contribution in [0.15, 0.2) is 28.6 Å². The van der Waals surface area contributed by atoms with Crippen molar-refractivity contribution in [2.45, 2.75) is 30.7 Å². The van der Waals surface area contributed by atoms with Crippen LogP contribution in [0.5, 0.6) is 0 Å². The molecule has 3 nitrogen and oxygen atoms in total. The van der Waals surface area contributed by atoms with Gasteiger partial charge < -0.3 is 4.74 Å². The first-order chi connectivity index (χ1) is 7.94. The van der Waals surface area contributed by atoms with E-state index in [0.29, 0.717) is 0 Å². The third-order valence-electron chi connectivity index (χ3n) is 1.83. The van der Waals surface area contributed by atoms with Crippen molar-refractivity contribution in [2.75, 3.05) is 0 Å². The van der Waals surface area contributed by atoms with Crippen molar-refractivity contribution in [1.29, 1.82) is 0 Å². The lowest BCUT2D eigenvalue weighted by atomic mass is 10.2. The Balaban J connectivity index is 2.11. The number of nitrogens with zero attached hydrogens (tertiary/aromatic N) is 1. The van der Waals surface area contributed by atoms with Crippen molar-refractivity contribution < 1.29 is 9.53 Å². The molecule has 0 bridgehead atoms. The van der Waals surface area contributed by atoms with E-state index in [2.05, 4.69) is 4.98 Å². The summed E-state index contributed by atoms with van der Waals surface area (Å²) in [5, 5.41) is -0.309. The van der Waals surface area contributed by atoms with E-state index in [1.165, 1.54) is 11.3 Å². The molecule has 0 aliphatic carbocycles. The summed E-state index contributed by atoms with van der Waals surface area (Å²) in [6, 6.07) is 7.82. The Morgan fingerprint density at radius 1 is 1.35 bits per heavy atom. The minimum absolute atomic E-state index is 0.309. The van der Waals surface area contributed by atoms with Gasteiger partial charge in [-0.1, -0.05) is 12.1 Å². The van der Waals surface area contributed by atoms with Crippen LogP contribution in [0, 0.1) is 0 Å². The predicted octanol–water partition coefficient (Wildman–Crippen LogP) is 4.32. The first-order valence-electron chi connectivity index (χ1n) is 5.20. The molecule has 1 aromatic heterocycles. The third-order valence-corrected chi connectivity index (χ3v) is 3.68. The Kier molecular flexibility index (Phi) is 3.40. The highest BCUT2D eigenvalue weighted by Gasteiger charge is 2.18. The molecule has 5 heteroatoms. The normalized spacial score (nSPS) is 11.7. The zero-order valence-electron chi connectivity index (χ0n) is 9.89. The van der Waals surface area contributed by atoms with Crippen LogP contribution >= 0.6 is 23.1 Å². The number of hydrogen-bond acceptors (Lipinski definition) is 5. The summed E-state index contributed by atoms with van der Waals surface area (Å²) in [6.07, 6.45) is 0. The Morgan fingerprint density at radius 3 is 2.71 bits per heavy atom. The second kappa shape index (κ2) is 4.66. The van der Waals surface area contributed by atoms with Gasteiger partial charge in [-0.3, -0.25) is 0 Å². The monoisotopic (exact) mass is 267 g/mol. The summed E-state index contributed by atoms with van der Waals surface area (Å²) in [7, 11) is 0. The molecule has 0 radical (unpaired) electrons. The maximum absolute atomic E-state index is 11.6. The minimum atomic E-state index is -0.458. The van der Waals surface area contributed by atoms with Crippen LogP contribution in [-0.4, -0.2) is 15.9 Å². The van der Waals surface area contributed by atoms with Crippen LogP contribution in [0.4, 0.5) is 4.79 Å². The van der Waals surface area contributed by atoms with Gasteiger partial charge in [-0.05, 0) is 32.9 Å². The largest absolute Gasteiger partial charge is 0.452 e. The van der Waals surface area contributed by atoms with E-state index in [-0.39, 0.29) is 5.30 Å². The highest BCUT2D eigenvalue weighted by Crippen LogP contribution is 2.31. The van der Waals surface area contributed by atoms with Gasteiger partial charge in [0.25, 0.3) is 0 Å². The summed E-state index contributed by atoms with van der Waals surface area (Å²) >= 11 is 2.55. The molecule has 0 atom stereocenters. The smallest absolute Gasteiger partial charge is 0.374 e. The van der Waals surface area contributed by atoms with Crippen LogP contribution < -0.4 is 0 Å². The van der Waals surface area contributed by atoms with E-state index in [1.807, 2.05) is 45.0 Å². The maximum atomic E-state index is 11.6. The lowest BCUT2D eigenvalue weighted by molar-refractivity contribution is 0.0738. The molecule has 0 amide bonds. The first-order valence-corrected chi connectivity index (χ1v) is 6.84. The molecule has 0 fully saturated rings. The Bertz CT molecular complexity index is 510. The molecule has 0 unspecified atom stereocenters. The molecule has 2 aromatic rings. The van der Waals surface area contributed by atoms with Crippen molar-refractivity contribution in [3.05, 3.63) is 24.3 Å². The lowest BCUT2D eigenvalue weighted by Gasteiger charge is -2.18. The van der Waals surface area contributed by atoms with Gasteiger partial charge in [0, 0.05) is 11.8 Å². The maximum Gasteiger partial charge on any atom is 0.374 e. The number of fused-ring (bicyclic) bond motifs is 1. The summed E-state index contributed by atoms with van der Waals surface area (Å²) in [5.74, 6) is 0. The standard InChI is InChI=1S/C12H13NO2S2/c1-12(2,3)15-11(14)17-10-13-8-6-4-5-7-9(8)16-10/h4-7H,1-3H3. The lowest BCUT2D eigenvalue weighted by Crippen LogP contribution is -2.21. The van der Waals surface area contributed by atoms with Crippen LogP contribution in [-0.2, 0) is 4.74 Å². The zero-order chi connectivity index (χ0) is 12.5. The molecular formula is C12H13NO2S2. The number of rotatable bonds is 1. The molecule has 0 saturated heterocycles. The van der Waals surface area contributed by atoms with E-state index in [4.69, 9.17) is 4.74 Å². The minimum Gasteiger partial charge on any atom is -0.452 e. The molecular weight excluding hydrogens is 254 g/mol. The van der Waals surface area contributed by atoms with Crippen LogP contribution in [0.1, 0.15) is 20.8 Å². The van der Waals surface area contributed by atoms with Crippen LogP contribution in [0.2, 0.25) is 0 Å². The van der Waals surface area contributed by atoms with Crippen molar-refractivity contribution in [3.8, 4) is 0 Å². The number of ether oxygens (including phenoxy) is 1. The molecule has 1 aromatic carbocycles. The van der Waals surface area contributed by atoms with Gasteiger partial charge in [-0.2, -0.15) is 0 Å². The molecule has 1 heterocycles. The van der Waals surface area contributed by atoms with E-state index in [0.717, 1.165) is 26.3 Å². The van der Waals surface area contributed by atoms with E-state index < -0.39 is 5.60 Å². The number of hydrogen-bond donors (Lipinski definition) is 0. The second-order valence-corrected chi connectivity index (χ2v) is 6.73. The van der Waals surface area contributed by atoms with Crippen molar-refractivity contribution in [2.24, 2.45) is 0 Å². The summed E-state index contributed by atoms with van der Waals surface area (Å²) in [4.78, 5) is 16.0. The zero-order valence-corrected chi connectivity index (χ0v) is 11.5. The highest BCUT2D eigenvalue weighted by molar-refractivity contribution is 8.14. The number of aromatic nitrogens is 1. The topological polar surface area (TPSA) is 39.2 Å². The summed E-state index contributed by atoms with van der Waals surface area (Å²) < 4.78 is 7.03. The molecule has 0 spiro atoms. The van der Waals surface area contributed by atoms with Crippen molar-refractivity contribution in [3.63, 3.8) is 0 Å². The van der Waals surface area contributed by atoms with Gasteiger partial charge in [-0.15, -0.1) is 11.3 Å². The fourth-order valence-corrected chi connectivity index (χ4v) is 3.15. The van der Waals surface area contributed by atoms with Gasteiger partial charge in [0.2, 0.25) is 0 Å². The van der Waals surface area contributed by atoms with Crippen LogP contribution in [0.25, 0.3) is 10.2 Å². The molecule has 17 heavy (non-hydrogen) atoms. The summed E-state index contributed by atoms with van der Waals surface area (Å²) in [6.45, 7) is 5.55. The second-order valence-electron chi connectivity index (χ2n) is 4.51. The number of carbonyl (C=O) groups excluding carboxylic acids is 1. The molecule has 90 valence electrons. The van der Waals surface area contributed by atoms with E-state index >= 15 is 0 Å². The molecule has 0 aliphatic heterocycles. The quantitative estimate of drug-likeness (QED) is 0.569. The van der Waals surface area contributed by atoms with Gasteiger partial charge >= 0.3 is 5.30 Å². The number of para-hydroxylation sites is 1. The number of thiazole rings is 1.